The quantitative estimate of drug-likeness (QED) is 0.767. The predicted molar refractivity (Wildman–Crippen MR) is 75.5 cm³/mol. The summed E-state index contributed by atoms with van der Waals surface area (Å²) >= 11 is 0. The van der Waals surface area contributed by atoms with Crippen molar-refractivity contribution in [3.05, 3.63) is 17.7 Å². The Hall–Kier alpha value is -1.36. The van der Waals surface area contributed by atoms with Crippen molar-refractivity contribution in [3.63, 3.8) is 0 Å². The summed E-state index contributed by atoms with van der Waals surface area (Å²) in [6.45, 7) is 3.00. The van der Waals surface area contributed by atoms with Gasteiger partial charge in [0.05, 0.1) is 13.0 Å². The van der Waals surface area contributed by atoms with Gasteiger partial charge in [-0.3, -0.25) is 4.79 Å². The Morgan fingerprint density at radius 2 is 2.10 bits per heavy atom. The van der Waals surface area contributed by atoms with Crippen LogP contribution in [0.4, 0.5) is 0 Å². The number of esters is 1. The molecule has 2 aliphatic rings. The first-order valence-corrected chi connectivity index (χ1v) is 7.49. The summed E-state index contributed by atoms with van der Waals surface area (Å²) in [5.41, 5.74) is 1.28. The standard InChI is InChI=1S/C15H23N3O2/c1-17-7-5-11(6-8-17)14-16-9-13-4-3-12(10-18(13)14)15(19)20-2/h9,11-12H,3-8,10H2,1-2H3. The first-order valence-electron chi connectivity index (χ1n) is 7.49. The molecular formula is C15H23N3O2. The Kier molecular flexibility index (Phi) is 3.78. The molecule has 0 aromatic carbocycles. The van der Waals surface area contributed by atoms with Gasteiger partial charge in [-0.25, -0.2) is 4.98 Å². The zero-order valence-corrected chi connectivity index (χ0v) is 12.3. The number of ether oxygens (including phenoxy) is 1. The number of carbonyl (C=O) groups is 1. The molecule has 1 atom stereocenters. The number of methoxy groups -OCH3 is 1. The fourth-order valence-corrected chi connectivity index (χ4v) is 3.42. The van der Waals surface area contributed by atoms with Crippen LogP contribution in [-0.4, -0.2) is 47.7 Å². The van der Waals surface area contributed by atoms with E-state index in [1.165, 1.54) is 18.6 Å². The molecule has 110 valence electrons. The third-order valence-corrected chi connectivity index (χ3v) is 4.74. The molecule has 5 nitrogen and oxygen atoms in total. The Morgan fingerprint density at radius 3 is 2.80 bits per heavy atom. The van der Waals surface area contributed by atoms with Crippen LogP contribution in [0.15, 0.2) is 6.20 Å². The highest BCUT2D eigenvalue weighted by Crippen LogP contribution is 2.31. The molecule has 0 amide bonds. The molecule has 0 saturated carbocycles. The number of rotatable bonds is 2. The molecule has 5 heteroatoms. The van der Waals surface area contributed by atoms with Crippen molar-refractivity contribution in [1.82, 2.24) is 14.5 Å². The minimum Gasteiger partial charge on any atom is -0.469 e. The molecule has 1 aromatic heterocycles. The van der Waals surface area contributed by atoms with E-state index in [9.17, 15) is 4.79 Å². The number of carbonyl (C=O) groups excluding carboxylic acids is 1. The summed E-state index contributed by atoms with van der Waals surface area (Å²) in [6, 6.07) is 0. The van der Waals surface area contributed by atoms with Crippen molar-refractivity contribution in [2.75, 3.05) is 27.2 Å². The molecule has 1 saturated heterocycles. The van der Waals surface area contributed by atoms with Gasteiger partial charge in [-0.2, -0.15) is 0 Å². The summed E-state index contributed by atoms with van der Waals surface area (Å²) in [5.74, 6) is 1.63. The Labute approximate surface area is 119 Å². The molecule has 1 fully saturated rings. The smallest absolute Gasteiger partial charge is 0.310 e. The van der Waals surface area contributed by atoms with Crippen LogP contribution in [0.3, 0.4) is 0 Å². The second-order valence-electron chi connectivity index (χ2n) is 6.05. The van der Waals surface area contributed by atoms with Gasteiger partial charge in [-0.05, 0) is 45.8 Å². The predicted octanol–water partition coefficient (Wildman–Crippen LogP) is 1.43. The molecule has 3 heterocycles. The summed E-state index contributed by atoms with van der Waals surface area (Å²) in [5, 5.41) is 0. The van der Waals surface area contributed by atoms with Crippen molar-refractivity contribution in [3.8, 4) is 0 Å². The van der Waals surface area contributed by atoms with Crippen molar-refractivity contribution >= 4 is 5.97 Å². The molecule has 1 aromatic rings. The van der Waals surface area contributed by atoms with Crippen LogP contribution in [0.2, 0.25) is 0 Å². The second-order valence-corrected chi connectivity index (χ2v) is 6.05. The molecular weight excluding hydrogens is 254 g/mol. The Morgan fingerprint density at radius 1 is 1.35 bits per heavy atom. The number of aryl methyl sites for hydroxylation is 1. The van der Waals surface area contributed by atoms with E-state index < -0.39 is 0 Å². The molecule has 3 rings (SSSR count). The van der Waals surface area contributed by atoms with Gasteiger partial charge in [0.2, 0.25) is 0 Å². The van der Waals surface area contributed by atoms with Gasteiger partial charge in [-0.1, -0.05) is 0 Å². The van der Waals surface area contributed by atoms with E-state index in [-0.39, 0.29) is 11.9 Å². The largest absolute Gasteiger partial charge is 0.469 e. The highest BCUT2D eigenvalue weighted by atomic mass is 16.5. The van der Waals surface area contributed by atoms with Crippen LogP contribution in [0.5, 0.6) is 0 Å². The minimum atomic E-state index is -0.0846. The maximum absolute atomic E-state index is 11.8. The molecule has 0 aliphatic carbocycles. The van der Waals surface area contributed by atoms with Crippen LogP contribution in [0.1, 0.15) is 36.7 Å². The number of nitrogens with zero attached hydrogens (tertiary/aromatic N) is 3. The monoisotopic (exact) mass is 277 g/mol. The zero-order valence-electron chi connectivity index (χ0n) is 12.3. The van der Waals surface area contributed by atoms with Crippen molar-refractivity contribution in [2.24, 2.45) is 5.92 Å². The van der Waals surface area contributed by atoms with Crippen LogP contribution >= 0.6 is 0 Å². The fraction of sp³-hybridized carbons (Fsp3) is 0.733. The highest BCUT2D eigenvalue weighted by molar-refractivity contribution is 5.72. The molecule has 0 bridgehead atoms. The molecule has 1 unspecified atom stereocenters. The van der Waals surface area contributed by atoms with Gasteiger partial charge >= 0.3 is 5.97 Å². The molecule has 2 aliphatic heterocycles. The molecule has 0 spiro atoms. The highest BCUT2D eigenvalue weighted by Gasteiger charge is 2.30. The summed E-state index contributed by atoms with van der Waals surface area (Å²) in [4.78, 5) is 18.8. The van der Waals surface area contributed by atoms with E-state index in [0.717, 1.165) is 45.3 Å². The zero-order chi connectivity index (χ0) is 14.1. The maximum Gasteiger partial charge on any atom is 0.310 e. The second kappa shape index (κ2) is 5.56. The number of imidazole rings is 1. The van der Waals surface area contributed by atoms with Crippen molar-refractivity contribution in [2.45, 2.75) is 38.1 Å². The van der Waals surface area contributed by atoms with Crippen LogP contribution in [-0.2, 0) is 22.5 Å². The summed E-state index contributed by atoms with van der Waals surface area (Å²) in [6.07, 6.45) is 6.14. The van der Waals surface area contributed by atoms with E-state index in [1.54, 1.807) is 0 Å². The van der Waals surface area contributed by atoms with Crippen LogP contribution < -0.4 is 0 Å². The van der Waals surface area contributed by atoms with Crippen molar-refractivity contribution < 1.29 is 9.53 Å². The van der Waals surface area contributed by atoms with Gasteiger partial charge in [0.15, 0.2) is 0 Å². The Balaban J connectivity index is 1.78. The first kappa shape index (κ1) is 13.6. The first-order chi connectivity index (χ1) is 9.69. The van der Waals surface area contributed by atoms with E-state index in [0.29, 0.717) is 5.92 Å². The van der Waals surface area contributed by atoms with Gasteiger partial charge in [0, 0.05) is 24.4 Å². The fourth-order valence-electron chi connectivity index (χ4n) is 3.42. The number of hydrogen-bond donors (Lipinski definition) is 0. The van der Waals surface area contributed by atoms with E-state index in [2.05, 4.69) is 21.5 Å². The number of piperidine rings is 1. The van der Waals surface area contributed by atoms with Crippen LogP contribution in [0, 0.1) is 5.92 Å². The van der Waals surface area contributed by atoms with E-state index in [1.807, 2.05) is 6.20 Å². The molecule has 20 heavy (non-hydrogen) atoms. The normalized spacial score (nSPS) is 24.4. The van der Waals surface area contributed by atoms with Gasteiger partial charge in [0.25, 0.3) is 0 Å². The average Bonchev–Trinajstić information content (AvgIpc) is 2.90. The van der Waals surface area contributed by atoms with Crippen LogP contribution in [0.25, 0.3) is 0 Å². The number of fused-ring (bicyclic) bond motifs is 1. The third kappa shape index (κ3) is 2.46. The minimum absolute atomic E-state index is 0.00767. The topological polar surface area (TPSA) is 47.4 Å². The lowest BCUT2D eigenvalue weighted by Crippen LogP contribution is -2.32. The van der Waals surface area contributed by atoms with Crippen molar-refractivity contribution in [1.29, 1.82) is 0 Å². The summed E-state index contributed by atoms with van der Waals surface area (Å²) < 4.78 is 7.18. The summed E-state index contributed by atoms with van der Waals surface area (Å²) in [7, 11) is 3.65. The molecule has 0 radical (unpaired) electrons. The lowest BCUT2D eigenvalue weighted by Gasteiger charge is -2.31. The molecule has 0 N–H and O–H groups in total. The Bertz CT molecular complexity index is 489. The average molecular weight is 277 g/mol. The SMILES string of the molecule is COC(=O)C1CCc2cnc(C3CCN(C)CC3)n2C1. The maximum atomic E-state index is 11.8. The van der Waals surface area contributed by atoms with Gasteiger partial charge in [0.1, 0.15) is 5.82 Å². The number of likely N-dealkylation sites (tertiary alicyclic amines) is 1. The van der Waals surface area contributed by atoms with Gasteiger partial charge in [-0.15, -0.1) is 0 Å². The number of hydrogen-bond acceptors (Lipinski definition) is 4. The number of aromatic nitrogens is 2. The lowest BCUT2D eigenvalue weighted by atomic mass is 9.94. The van der Waals surface area contributed by atoms with E-state index >= 15 is 0 Å². The van der Waals surface area contributed by atoms with E-state index in [4.69, 9.17) is 4.74 Å². The van der Waals surface area contributed by atoms with Gasteiger partial charge < -0.3 is 14.2 Å². The third-order valence-electron chi connectivity index (χ3n) is 4.74. The lowest BCUT2D eigenvalue weighted by molar-refractivity contribution is -0.146.